The molecule has 1 saturated heterocycles. The Labute approximate surface area is 114 Å². The molecule has 4 nitrogen and oxygen atoms in total. The highest BCUT2D eigenvalue weighted by Gasteiger charge is 2.26. The first-order valence-corrected chi connectivity index (χ1v) is 6.93. The van der Waals surface area contributed by atoms with Gasteiger partial charge in [-0.25, -0.2) is 0 Å². The Kier molecular flexibility index (Phi) is 4.30. The fourth-order valence-corrected chi connectivity index (χ4v) is 2.92. The second-order valence-electron chi connectivity index (χ2n) is 5.38. The molecule has 0 bridgehead atoms. The Bertz CT molecular complexity index is 419. The molecule has 2 atom stereocenters. The molecule has 0 saturated carbocycles. The summed E-state index contributed by atoms with van der Waals surface area (Å²) in [4.78, 5) is 2.40. The minimum absolute atomic E-state index is 0.281. The van der Waals surface area contributed by atoms with Gasteiger partial charge in [0, 0.05) is 38.3 Å². The summed E-state index contributed by atoms with van der Waals surface area (Å²) < 4.78 is 1.73. The van der Waals surface area contributed by atoms with Gasteiger partial charge in [-0.15, -0.1) is 0 Å². The average Bonchev–Trinajstić information content (AvgIpc) is 2.58. The first kappa shape index (κ1) is 13.8. The van der Waals surface area contributed by atoms with Crippen LogP contribution in [0.15, 0.2) is 0 Å². The number of likely N-dealkylation sites (tertiary alicyclic amines) is 1. The Morgan fingerprint density at radius 1 is 1.44 bits per heavy atom. The third-order valence-corrected chi connectivity index (χ3v) is 4.47. The van der Waals surface area contributed by atoms with Gasteiger partial charge < -0.3 is 5.11 Å². The van der Waals surface area contributed by atoms with Crippen LogP contribution in [0.2, 0.25) is 5.15 Å². The van der Waals surface area contributed by atoms with Crippen molar-refractivity contribution in [2.75, 3.05) is 13.2 Å². The van der Waals surface area contributed by atoms with Gasteiger partial charge in [0.05, 0.1) is 5.69 Å². The van der Waals surface area contributed by atoms with Crippen molar-refractivity contribution in [1.82, 2.24) is 14.7 Å². The zero-order chi connectivity index (χ0) is 13.3. The van der Waals surface area contributed by atoms with Crippen LogP contribution >= 0.6 is 11.6 Å². The quantitative estimate of drug-likeness (QED) is 0.914. The lowest BCUT2D eigenvalue weighted by atomic mass is 9.94. The summed E-state index contributed by atoms with van der Waals surface area (Å²) in [5, 5.41) is 14.4. The Balaban J connectivity index is 2.11. The summed E-state index contributed by atoms with van der Waals surface area (Å²) in [6.07, 6.45) is 2.26. The monoisotopic (exact) mass is 271 g/mol. The molecule has 0 spiro atoms. The largest absolute Gasteiger partial charge is 0.396 e. The van der Waals surface area contributed by atoms with Crippen LogP contribution in [0.4, 0.5) is 0 Å². The van der Waals surface area contributed by atoms with Gasteiger partial charge in [0.1, 0.15) is 5.15 Å². The van der Waals surface area contributed by atoms with E-state index in [-0.39, 0.29) is 6.61 Å². The topological polar surface area (TPSA) is 41.3 Å². The normalized spacial score (nSPS) is 25.6. The molecule has 1 aliphatic rings. The molecule has 1 aromatic rings. The van der Waals surface area contributed by atoms with Gasteiger partial charge in [-0.2, -0.15) is 5.10 Å². The molecule has 0 aromatic carbocycles. The number of piperidine rings is 1. The van der Waals surface area contributed by atoms with Crippen molar-refractivity contribution in [3.05, 3.63) is 16.4 Å². The first-order chi connectivity index (χ1) is 8.52. The lowest BCUT2D eigenvalue weighted by Gasteiger charge is -2.37. The van der Waals surface area contributed by atoms with Crippen LogP contribution in [-0.2, 0) is 13.6 Å². The highest BCUT2D eigenvalue weighted by molar-refractivity contribution is 6.30. The minimum Gasteiger partial charge on any atom is -0.396 e. The van der Waals surface area contributed by atoms with Gasteiger partial charge in [-0.1, -0.05) is 11.6 Å². The fourth-order valence-electron chi connectivity index (χ4n) is 2.69. The number of rotatable bonds is 3. The van der Waals surface area contributed by atoms with Gasteiger partial charge in [-0.3, -0.25) is 9.58 Å². The van der Waals surface area contributed by atoms with E-state index in [9.17, 15) is 5.11 Å². The van der Waals surface area contributed by atoms with Crippen molar-refractivity contribution in [2.45, 2.75) is 39.3 Å². The second kappa shape index (κ2) is 5.59. The molecule has 1 aliphatic heterocycles. The fraction of sp³-hybridized carbons (Fsp3) is 0.769. The zero-order valence-electron chi connectivity index (χ0n) is 11.4. The molecule has 2 heterocycles. The smallest absolute Gasteiger partial charge is 0.131 e. The molecule has 0 radical (unpaired) electrons. The average molecular weight is 272 g/mol. The third kappa shape index (κ3) is 2.71. The number of halogens is 1. The molecular weight excluding hydrogens is 250 g/mol. The van der Waals surface area contributed by atoms with Gasteiger partial charge in [-0.05, 0) is 32.6 Å². The van der Waals surface area contributed by atoms with Gasteiger partial charge in [0.25, 0.3) is 0 Å². The molecule has 1 N–H and O–H groups in total. The van der Waals surface area contributed by atoms with E-state index in [0.29, 0.717) is 12.0 Å². The Morgan fingerprint density at radius 3 is 2.72 bits per heavy atom. The predicted molar refractivity (Wildman–Crippen MR) is 72.6 cm³/mol. The summed E-state index contributed by atoms with van der Waals surface area (Å²) in [5.74, 6) is 0.400. The van der Waals surface area contributed by atoms with Crippen LogP contribution in [-0.4, -0.2) is 39.0 Å². The van der Waals surface area contributed by atoms with Crippen LogP contribution < -0.4 is 0 Å². The van der Waals surface area contributed by atoms with Crippen molar-refractivity contribution in [3.8, 4) is 0 Å². The number of aromatic nitrogens is 2. The summed E-state index contributed by atoms with van der Waals surface area (Å²) in [7, 11) is 1.87. The van der Waals surface area contributed by atoms with E-state index in [2.05, 4.69) is 16.9 Å². The maximum absolute atomic E-state index is 9.31. The van der Waals surface area contributed by atoms with Crippen molar-refractivity contribution in [3.63, 3.8) is 0 Å². The van der Waals surface area contributed by atoms with Crippen LogP contribution in [0.5, 0.6) is 0 Å². The van der Waals surface area contributed by atoms with Gasteiger partial charge in [0.15, 0.2) is 0 Å². The van der Waals surface area contributed by atoms with E-state index in [0.717, 1.165) is 42.3 Å². The lowest BCUT2D eigenvalue weighted by molar-refractivity contribution is 0.0770. The summed E-state index contributed by atoms with van der Waals surface area (Å²) in [6.45, 7) is 6.30. The van der Waals surface area contributed by atoms with E-state index in [4.69, 9.17) is 11.6 Å². The highest BCUT2D eigenvalue weighted by Crippen LogP contribution is 2.27. The minimum atomic E-state index is 0.281. The number of aliphatic hydroxyl groups is 1. The van der Waals surface area contributed by atoms with E-state index in [1.807, 2.05) is 14.0 Å². The van der Waals surface area contributed by atoms with E-state index in [1.165, 1.54) is 0 Å². The van der Waals surface area contributed by atoms with Crippen LogP contribution in [0.1, 0.15) is 31.0 Å². The molecule has 2 rings (SSSR count). The summed E-state index contributed by atoms with van der Waals surface area (Å²) in [6, 6.07) is 0.545. The maximum Gasteiger partial charge on any atom is 0.131 e. The first-order valence-electron chi connectivity index (χ1n) is 6.55. The van der Waals surface area contributed by atoms with Gasteiger partial charge >= 0.3 is 0 Å². The molecule has 0 aliphatic carbocycles. The molecule has 0 amide bonds. The molecular formula is C13H22ClN3O. The van der Waals surface area contributed by atoms with Crippen LogP contribution in [0.25, 0.3) is 0 Å². The molecule has 5 heteroatoms. The van der Waals surface area contributed by atoms with Crippen LogP contribution in [0, 0.1) is 12.8 Å². The van der Waals surface area contributed by atoms with Crippen molar-refractivity contribution < 1.29 is 5.11 Å². The molecule has 1 fully saturated rings. The summed E-state index contributed by atoms with van der Waals surface area (Å²) in [5.41, 5.74) is 2.12. The number of nitrogens with zero attached hydrogens (tertiary/aromatic N) is 3. The number of aryl methyl sites for hydroxylation is 2. The SMILES string of the molecule is Cc1nn(C)c(Cl)c1CN1CC(CO)CCC1C. The van der Waals surface area contributed by atoms with E-state index in [1.54, 1.807) is 4.68 Å². The maximum atomic E-state index is 9.31. The number of aliphatic hydroxyl groups excluding tert-OH is 1. The standard InChI is InChI=1S/C13H22ClN3O/c1-9-4-5-11(8-18)6-17(9)7-12-10(2)15-16(3)13(12)14/h9,11,18H,4-8H2,1-3H3. The van der Waals surface area contributed by atoms with Crippen molar-refractivity contribution in [1.29, 1.82) is 0 Å². The van der Waals surface area contributed by atoms with Crippen molar-refractivity contribution >= 4 is 11.6 Å². The molecule has 1 aromatic heterocycles. The highest BCUT2D eigenvalue weighted by atomic mass is 35.5. The molecule has 18 heavy (non-hydrogen) atoms. The number of hydrogen-bond acceptors (Lipinski definition) is 3. The lowest BCUT2D eigenvalue weighted by Crippen LogP contribution is -2.42. The summed E-state index contributed by atoms with van der Waals surface area (Å²) >= 11 is 6.28. The molecule has 2 unspecified atom stereocenters. The number of hydrogen-bond donors (Lipinski definition) is 1. The van der Waals surface area contributed by atoms with E-state index >= 15 is 0 Å². The van der Waals surface area contributed by atoms with Crippen molar-refractivity contribution in [2.24, 2.45) is 13.0 Å². The van der Waals surface area contributed by atoms with Gasteiger partial charge in [0.2, 0.25) is 0 Å². The predicted octanol–water partition coefficient (Wildman–Crippen LogP) is 1.97. The second-order valence-corrected chi connectivity index (χ2v) is 5.74. The third-order valence-electron chi connectivity index (χ3n) is 4.00. The Morgan fingerprint density at radius 2 is 2.17 bits per heavy atom. The zero-order valence-corrected chi connectivity index (χ0v) is 12.1. The molecule has 102 valence electrons. The van der Waals surface area contributed by atoms with E-state index < -0.39 is 0 Å². The Hall–Kier alpha value is -0.580. The van der Waals surface area contributed by atoms with Crippen LogP contribution in [0.3, 0.4) is 0 Å².